The molecule has 0 unspecified atom stereocenters. The van der Waals surface area contributed by atoms with Crippen molar-refractivity contribution in [3.8, 4) is 5.69 Å². The minimum Gasteiger partial charge on any atom is -0.478 e. The number of hydrogen-bond acceptors (Lipinski definition) is 5. The van der Waals surface area contributed by atoms with E-state index in [0.29, 0.717) is 11.4 Å². The molecule has 0 aliphatic heterocycles. The monoisotopic (exact) mass is 205 g/mol. The summed E-state index contributed by atoms with van der Waals surface area (Å²) >= 11 is 0. The zero-order valence-electron chi connectivity index (χ0n) is 7.53. The van der Waals surface area contributed by atoms with E-state index in [9.17, 15) is 4.79 Å². The fourth-order valence-corrected chi connectivity index (χ4v) is 1.20. The molecule has 7 nitrogen and oxygen atoms in total. The number of hydrogen-bond donors (Lipinski definition) is 2. The zero-order valence-corrected chi connectivity index (χ0v) is 7.53. The van der Waals surface area contributed by atoms with Crippen LogP contribution in [0.4, 0.5) is 5.69 Å². The summed E-state index contributed by atoms with van der Waals surface area (Å²) in [5.74, 6) is -1.08. The van der Waals surface area contributed by atoms with Gasteiger partial charge in [-0.15, -0.1) is 5.10 Å². The fraction of sp³-hybridized carbons (Fsp3) is 0. The van der Waals surface area contributed by atoms with Gasteiger partial charge in [0.25, 0.3) is 0 Å². The third kappa shape index (κ3) is 1.62. The van der Waals surface area contributed by atoms with Gasteiger partial charge in [0.1, 0.15) is 6.33 Å². The molecule has 1 heterocycles. The van der Waals surface area contributed by atoms with Gasteiger partial charge < -0.3 is 10.8 Å². The highest BCUT2D eigenvalue weighted by Crippen LogP contribution is 2.16. The van der Waals surface area contributed by atoms with Crippen molar-refractivity contribution < 1.29 is 9.90 Å². The minimum atomic E-state index is -1.08. The normalized spacial score (nSPS) is 10.1. The Morgan fingerprint density at radius 3 is 2.87 bits per heavy atom. The van der Waals surface area contributed by atoms with E-state index < -0.39 is 5.97 Å². The lowest BCUT2D eigenvalue weighted by Crippen LogP contribution is -2.07. The van der Waals surface area contributed by atoms with Crippen molar-refractivity contribution in [1.82, 2.24) is 20.2 Å². The molecule has 15 heavy (non-hydrogen) atoms. The quantitative estimate of drug-likeness (QED) is 0.665. The molecule has 0 atom stereocenters. The maximum absolute atomic E-state index is 10.9. The van der Waals surface area contributed by atoms with Crippen LogP contribution >= 0.6 is 0 Å². The summed E-state index contributed by atoms with van der Waals surface area (Å²) in [6.07, 6.45) is 1.32. The Bertz CT molecular complexity index is 494. The van der Waals surface area contributed by atoms with Gasteiger partial charge in [-0.25, -0.2) is 4.79 Å². The van der Waals surface area contributed by atoms with Gasteiger partial charge in [-0.1, -0.05) is 0 Å². The van der Waals surface area contributed by atoms with Gasteiger partial charge in [0.05, 0.1) is 11.3 Å². The van der Waals surface area contributed by atoms with Gasteiger partial charge in [0, 0.05) is 5.69 Å². The smallest absolute Gasteiger partial charge is 0.337 e. The number of anilines is 1. The van der Waals surface area contributed by atoms with Gasteiger partial charge in [-0.3, -0.25) is 0 Å². The van der Waals surface area contributed by atoms with Crippen LogP contribution in [0, 0.1) is 0 Å². The predicted octanol–water partition coefficient (Wildman–Crippen LogP) is -0.0573. The largest absolute Gasteiger partial charge is 0.478 e. The van der Waals surface area contributed by atoms with Crippen molar-refractivity contribution in [1.29, 1.82) is 0 Å². The highest BCUT2D eigenvalue weighted by atomic mass is 16.4. The molecule has 0 spiro atoms. The number of tetrazole rings is 1. The molecule has 7 heteroatoms. The second kappa shape index (κ2) is 3.37. The van der Waals surface area contributed by atoms with Crippen LogP contribution in [0.1, 0.15) is 10.4 Å². The molecule has 0 radical (unpaired) electrons. The van der Waals surface area contributed by atoms with E-state index in [0.717, 1.165) is 0 Å². The summed E-state index contributed by atoms with van der Waals surface area (Å²) < 4.78 is 1.27. The average molecular weight is 205 g/mol. The third-order valence-electron chi connectivity index (χ3n) is 1.85. The van der Waals surface area contributed by atoms with Gasteiger partial charge in [0.15, 0.2) is 0 Å². The van der Waals surface area contributed by atoms with E-state index in [4.69, 9.17) is 10.8 Å². The Labute approximate surface area is 84.1 Å². The van der Waals surface area contributed by atoms with Crippen molar-refractivity contribution in [3.05, 3.63) is 30.1 Å². The molecule has 0 aliphatic carbocycles. The van der Waals surface area contributed by atoms with E-state index in [-0.39, 0.29) is 5.56 Å². The molecule has 1 aromatic heterocycles. The van der Waals surface area contributed by atoms with E-state index in [2.05, 4.69) is 15.5 Å². The van der Waals surface area contributed by atoms with Gasteiger partial charge >= 0.3 is 5.97 Å². The van der Waals surface area contributed by atoms with Crippen LogP contribution in [-0.4, -0.2) is 31.3 Å². The molecule has 0 fully saturated rings. The first kappa shape index (κ1) is 9.13. The summed E-state index contributed by atoms with van der Waals surface area (Å²) in [4.78, 5) is 10.9. The minimum absolute atomic E-state index is 0.0577. The molecule has 2 aromatic rings. The Kier molecular flexibility index (Phi) is 2.05. The van der Waals surface area contributed by atoms with E-state index in [1.807, 2.05) is 0 Å². The van der Waals surface area contributed by atoms with E-state index in [1.54, 1.807) is 12.1 Å². The summed E-state index contributed by atoms with van der Waals surface area (Å²) in [6, 6.07) is 4.50. The Balaban J connectivity index is 2.61. The first-order chi connectivity index (χ1) is 7.18. The van der Waals surface area contributed by atoms with Crippen molar-refractivity contribution in [2.24, 2.45) is 0 Å². The second-order valence-electron chi connectivity index (χ2n) is 2.84. The molecular formula is C8H7N5O2. The lowest BCUT2D eigenvalue weighted by Gasteiger charge is -2.04. The van der Waals surface area contributed by atoms with Gasteiger partial charge in [-0.2, -0.15) is 4.68 Å². The third-order valence-corrected chi connectivity index (χ3v) is 1.85. The molecule has 1 aromatic carbocycles. The Morgan fingerprint density at radius 2 is 2.27 bits per heavy atom. The van der Waals surface area contributed by atoms with E-state index >= 15 is 0 Å². The fourth-order valence-electron chi connectivity index (χ4n) is 1.20. The summed E-state index contributed by atoms with van der Waals surface area (Å²) in [7, 11) is 0. The molecule has 2 rings (SSSR count). The number of carboxylic acid groups (broad SMARTS) is 1. The first-order valence-corrected chi connectivity index (χ1v) is 4.04. The lowest BCUT2D eigenvalue weighted by atomic mass is 10.1. The lowest BCUT2D eigenvalue weighted by molar-refractivity contribution is 0.0697. The summed E-state index contributed by atoms with van der Waals surface area (Å²) in [5, 5.41) is 19.4. The molecule has 0 amide bonds. The van der Waals surface area contributed by atoms with Gasteiger partial charge in [0.2, 0.25) is 0 Å². The number of nitrogens with two attached hydrogens (primary N) is 1. The maximum atomic E-state index is 10.9. The highest BCUT2D eigenvalue weighted by molar-refractivity contribution is 5.93. The van der Waals surface area contributed by atoms with Crippen LogP contribution in [0.3, 0.4) is 0 Å². The molecule has 0 bridgehead atoms. The second-order valence-corrected chi connectivity index (χ2v) is 2.84. The molecule has 0 saturated carbocycles. The topological polar surface area (TPSA) is 107 Å². The number of benzene rings is 1. The van der Waals surface area contributed by atoms with Crippen molar-refractivity contribution in [2.45, 2.75) is 0 Å². The number of aromatic nitrogens is 4. The van der Waals surface area contributed by atoms with Crippen LogP contribution in [0.25, 0.3) is 5.69 Å². The number of nitrogen functional groups attached to an aromatic ring is 1. The van der Waals surface area contributed by atoms with Crippen molar-refractivity contribution in [2.75, 3.05) is 5.73 Å². The van der Waals surface area contributed by atoms with Crippen LogP contribution in [0.5, 0.6) is 0 Å². The zero-order chi connectivity index (χ0) is 10.8. The summed E-state index contributed by atoms with van der Waals surface area (Å²) in [5.41, 5.74) is 6.31. The number of carbonyl (C=O) groups is 1. The number of rotatable bonds is 2. The number of nitrogens with zero attached hydrogens (tertiary/aromatic N) is 4. The van der Waals surface area contributed by atoms with Crippen LogP contribution in [0.15, 0.2) is 24.5 Å². The van der Waals surface area contributed by atoms with E-state index in [1.165, 1.54) is 17.1 Å². The summed E-state index contributed by atoms with van der Waals surface area (Å²) in [6.45, 7) is 0. The van der Waals surface area contributed by atoms with Gasteiger partial charge in [-0.05, 0) is 28.6 Å². The van der Waals surface area contributed by atoms with Crippen LogP contribution < -0.4 is 5.73 Å². The molecule has 0 saturated heterocycles. The van der Waals surface area contributed by atoms with Crippen LogP contribution in [-0.2, 0) is 0 Å². The highest BCUT2D eigenvalue weighted by Gasteiger charge is 2.12. The molecule has 3 N–H and O–H groups in total. The molecular weight excluding hydrogens is 198 g/mol. The molecule has 0 aliphatic rings. The number of aromatic carboxylic acids is 1. The Morgan fingerprint density at radius 1 is 1.47 bits per heavy atom. The number of carboxylic acids is 1. The standard InChI is InChI=1S/C8H7N5O2/c9-5-1-2-7(6(3-5)8(14)15)13-4-10-11-12-13/h1-4H,9H2,(H,14,15). The predicted molar refractivity (Wildman–Crippen MR) is 50.5 cm³/mol. The Hall–Kier alpha value is -2.44. The SMILES string of the molecule is Nc1ccc(-n2cnnn2)c(C(=O)O)c1. The molecule has 76 valence electrons. The first-order valence-electron chi connectivity index (χ1n) is 4.04. The van der Waals surface area contributed by atoms with Crippen LogP contribution in [0.2, 0.25) is 0 Å². The average Bonchev–Trinajstić information content (AvgIpc) is 2.70. The van der Waals surface area contributed by atoms with Crippen molar-refractivity contribution >= 4 is 11.7 Å². The van der Waals surface area contributed by atoms with Crippen molar-refractivity contribution in [3.63, 3.8) is 0 Å². The maximum Gasteiger partial charge on any atom is 0.337 e.